The molecule has 3 rings (SSSR count). The lowest BCUT2D eigenvalue weighted by Gasteiger charge is -2.35. The summed E-state index contributed by atoms with van der Waals surface area (Å²) in [6.07, 6.45) is 0. The molecule has 1 fully saturated rings. The van der Waals surface area contributed by atoms with Gasteiger partial charge in [-0.2, -0.15) is 4.31 Å². The molecule has 0 bridgehead atoms. The summed E-state index contributed by atoms with van der Waals surface area (Å²) >= 11 is 0. The molecule has 1 heterocycles. The largest absolute Gasteiger partial charge is 0.313 e. The number of nitrogens with zero attached hydrogens (tertiary/aromatic N) is 1. The Morgan fingerprint density at radius 1 is 1.04 bits per heavy atom. The van der Waals surface area contributed by atoms with Gasteiger partial charge in [-0.1, -0.05) is 12.1 Å². The molecule has 0 spiro atoms. The Hall–Kier alpha value is -1.54. The predicted octanol–water partition coefficient (Wildman–Crippen LogP) is 2.72. The Labute approximate surface area is 145 Å². The van der Waals surface area contributed by atoms with E-state index < -0.39 is 27.7 Å². The first-order valence-corrected chi connectivity index (χ1v) is 8.66. The Kier molecular flexibility index (Phi) is 5.92. The molecular formula is C16H17ClF2N2O2S. The van der Waals surface area contributed by atoms with Crippen molar-refractivity contribution in [2.45, 2.75) is 10.9 Å². The van der Waals surface area contributed by atoms with Gasteiger partial charge in [0.2, 0.25) is 10.0 Å². The molecule has 1 N–H and O–H groups in total. The van der Waals surface area contributed by atoms with E-state index in [2.05, 4.69) is 5.32 Å². The molecule has 24 heavy (non-hydrogen) atoms. The minimum Gasteiger partial charge on any atom is -0.313 e. The zero-order valence-corrected chi connectivity index (χ0v) is 14.3. The number of rotatable bonds is 3. The number of hydrogen-bond acceptors (Lipinski definition) is 3. The topological polar surface area (TPSA) is 49.4 Å². The zero-order chi connectivity index (χ0) is 16.4. The fourth-order valence-corrected chi connectivity index (χ4v) is 4.33. The van der Waals surface area contributed by atoms with Gasteiger partial charge in [-0.15, -0.1) is 12.4 Å². The summed E-state index contributed by atoms with van der Waals surface area (Å²) in [6, 6.07) is 10.1. The first-order valence-electron chi connectivity index (χ1n) is 7.22. The number of sulfonamides is 1. The molecule has 0 aliphatic carbocycles. The molecule has 1 unspecified atom stereocenters. The molecule has 2 aromatic carbocycles. The number of hydrogen-bond donors (Lipinski definition) is 1. The number of halogens is 3. The van der Waals surface area contributed by atoms with Crippen molar-refractivity contribution in [2.24, 2.45) is 0 Å². The summed E-state index contributed by atoms with van der Waals surface area (Å²) in [5.41, 5.74) is 0.586. The second-order valence-electron chi connectivity index (χ2n) is 5.34. The van der Waals surface area contributed by atoms with E-state index in [1.807, 2.05) is 0 Å². The van der Waals surface area contributed by atoms with Crippen molar-refractivity contribution in [2.75, 3.05) is 19.6 Å². The van der Waals surface area contributed by atoms with Gasteiger partial charge in [0.05, 0.1) is 10.9 Å². The molecule has 1 saturated heterocycles. The normalized spacial score (nSPS) is 18.8. The molecule has 0 radical (unpaired) electrons. The fraction of sp³-hybridized carbons (Fsp3) is 0.250. The quantitative estimate of drug-likeness (QED) is 0.898. The Morgan fingerprint density at radius 2 is 1.75 bits per heavy atom. The molecule has 130 valence electrons. The van der Waals surface area contributed by atoms with Crippen LogP contribution in [0.2, 0.25) is 0 Å². The standard InChI is InChI=1S/C16H16F2N2O2S.ClH/c17-13-4-6-15(7-5-13)23(21,22)20-9-8-19-11-16(20)12-2-1-3-14(18)10-12;/h1-7,10,16,19H,8-9,11H2;1H. The van der Waals surface area contributed by atoms with Crippen LogP contribution in [0.15, 0.2) is 53.4 Å². The second kappa shape index (κ2) is 7.57. The third-order valence-corrected chi connectivity index (χ3v) is 5.77. The van der Waals surface area contributed by atoms with Crippen molar-refractivity contribution < 1.29 is 17.2 Å². The van der Waals surface area contributed by atoms with E-state index in [9.17, 15) is 17.2 Å². The lowest BCUT2D eigenvalue weighted by Crippen LogP contribution is -2.48. The number of piperazine rings is 1. The van der Waals surface area contributed by atoms with Crippen LogP contribution in [0, 0.1) is 11.6 Å². The molecule has 0 aromatic heterocycles. The van der Waals surface area contributed by atoms with Gasteiger partial charge in [-0.25, -0.2) is 17.2 Å². The highest BCUT2D eigenvalue weighted by atomic mass is 35.5. The van der Waals surface area contributed by atoms with E-state index in [-0.39, 0.29) is 23.8 Å². The zero-order valence-electron chi connectivity index (χ0n) is 12.7. The maximum atomic E-state index is 13.5. The van der Waals surface area contributed by atoms with E-state index in [1.165, 1.54) is 28.6 Å². The van der Waals surface area contributed by atoms with E-state index in [4.69, 9.17) is 0 Å². The van der Waals surface area contributed by atoms with Crippen LogP contribution < -0.4 is 5.32 Å². The van der Waals surface area contributed by atoms with Gasteiger partial charge in [-0.05, 0) is 42.0 Å². The molecule has 1 aliphatic heterocycles. The predicted molar refractivity (Wildman–Crippen MR) is 89.6 cm³/mol. The van der Waals surface area contributed by atoms with Crippen LogP contribution in [0.25, 0.3) is 0 Å². The van der Waals surface area contributed by atoms with Gasteiger partial charge in [0.25, 0.3) is 0 Å². The highest BCUT2D eigenvalue weighted by Crippen LogP contribution is 2.29. The second-order valence-corrected chi connectivity index (χ2v) is 7.24. The fourth-order valence-electron chi connectivity index (χ4n) is 2.71. The first-order chi connectivity index (χ1) is 11.0. The van der Waals surface area contributed by atoms with Gasteiger partial charge in [0.1, 0.15) is 11.6 Å². The first kappa shape index (κ1) is 18.8. The van der Waals surface area contributed by atoms with Crippen molar-refractivity contribution in [3.8, 4) is 0 Å². The molecule has 1 aliphatic rings. The van der Waals surface area contributed by atoms with Crippen molar-refractivity contribution in [1.82, 2.24) is 9.62 Å². The van der Waals surface area contributed by atoms with Crippen molar-refractivity contribution in [3.05, 3.63) is 65.7 Å². The van der Waals surface area contributed by atoms with Gasteiger partial charge < -0.3 is 5.32 Å². The Balaban J connectivity index is 0.00000208. The van der Waals surface area contributed by atoms with E-state index >= 15 is 0 Å². The van der Waals surface area contributed by atoms with Crippen LogP contribution in [0.5, 0.6) is 0 Å². The number of benzene rings is 2. The molecule has 2 aromatic rings. The van der Waals surface area contributed by atoms with Crippen LogP contribution >= 0.6 is 12.4 Å². The lowest BCUT2D eigenvalue weighted by molar-refractivity contribution is 0.271. The van der Waals surface area contributed by atoms with E-state index in [1.54, 1.807) is 12.1 Å². The minimum absolute atomic E-state index is 0. The highest BCUT2D eigenvalue weighted by molar-refractivity contribution is 7.89. The highest BCUT2D eigenvalue weighted by Gasteiger charge is 2.34. The maximum absolute atomic E-state index is 13.5. The summed E-state index contributed by atoms with van der Waals surface area (Å²) in [4.78, 5) is 0.0298. The van der Waals surface area contributed by atoms with Gasteiger partial charge in [0.15, 0.2) is 0 Å². The van der Waals surface area contributed by atoms with Crippen LogP contribution in [-0.2, 0) is 10.0 Å². The van der Waals surface area contributed by atoms with Gasteiger partial charge in [0, 0.05) is 19.6 Å². The molecule has 1 atom stereocenters. The maximum Gasteiger partial charge on any atom is 0.243 e. The van der Waals surface area contributed by atoms with E-state index in [0.29, 0.717) is 18.7 Å². The summed E-state index contributed by atoms with van der Waals surface area (Å²) in [5, 5.41) is 3.13. The summed E-state index contributed by atoms with van der Waals surface area (Å²) in [6.45, 7) is 1.16. The number of nitrogens with one attached hydrogen (secondary N) is 1. The van der Waals surface area contributed by atoms with Crippen LogP contribution in [-0.4, -0.2) is 32.4 Å². The average Bonchev–Trinajstić information content (AvgIpc) is 2.55. The molecule has 8 heteroatoms. The molecule has 4 nitrogen and oxygen atoms in total. The van der Waals surface area contributed by atoms with Crippen molar-refractivity contribution >= 4 is 22.4 Å². The van der Waals surface area contributed by atoms with Crippen molar-refractivity contribution in [1.29, 1.82) is 0 Å². The smallest absolute Gasteiger partial charge is 0.243 e. The molecule has 0 amide bonds. The van der Waals surface area contributed by atoms with Crippen LogP contribution in [0.3, 0.4) is 0 Å². The SMILES string of the molecule is Cl.O=S(=O)(c1ccc(F)cc1)N1CCNCC1c1cccc(F)c1. The van der Waals surface area contributed by atoms with Crippen molar-refractivity contribution in [3.63, 3.8) is 0 Å². The Bertz CT molecular complexity index is 800. The summed E-state index contributed by atoms with van der Waals surface area (Å²) in [7, 11) is -3.78. The molecular weight excluding hydrogens is 358 g/mol. The third-order valence-electron chi connectivity index (χ3n) is 3.85. The Morgan fingerprint density at radius 3 is 2.42 bits per heavy atom. The van der Waals surface area contributed by atoms with Crippen LogP contribution in [0.1, 0.15) is 11.6 Å². The van der Waals surface area contributed by atoms with Gasteiger partial charge in [-0.3, -0.25) is 0 Å². The average molecular weight is 375 g/mol. The minimum atomic E-state index is -3.78. The molecule has 0 saturated carbocycles. The lowest BCUT2D eigenvalue weighted by atomic mass is 10.1. The van der Waals surface area contributed by atoms with Gasteiger partial charge >= 0.3 is 0 Å². The summed E-state index contributed by atoms with van der Waals surface area (Å²) < 4.78 is 53.6. The van der Waals surface area contributed by atoms with Crippen LogP contribution in [0.4, 0.5) is 8.78 Å². The monoisotopic (exact) mass is 374 g/mol. The van der Waals surface area contributed by atoms with E-state index in [0.717, 1.165) is 12.1 Å². The third kappa shape index (κ3) is 3.75. The summed E-state index contributed by atoms with van der Waals surface area (Å²) in [5.74, 6) is -0.904.